The maximum atomic E-state index is 9.05. The van der Waals surface area contributed by atoms with Crippen LogP contribution in [-0.2, 0) is 12.8 Å². The van der Waals surface area contributed by atoms with Gasteiger partial charge in [0.25, 0.3) is 0 Å². The first kappa shape index (κ1) is 13.1. The molecule has 1 aliphatic heterocycles. The van der Waals surface area contributed by atoms with Crippen molar-refractivity contribution in [1.82, 2.24) is 4.90 Å². The Balaban J connectivity index is 1.91. The monoisotopic (exact) mass is 242 g/mol. The van der Waals surface area contributed by atoms with E-state index in [2.05, 4.69) is 35.2 Å². The Bertz CT molecular complexity index is 416. The van der Waals surface area contributed by atoms with Crippen LogP contribution in [0.25, 0.3) is 0 Å². The molecule has 0 spiro atoms. The molecule has 1 aromatic rings. The van der Waals surface area contributed by atoms with E-state index in [9.17, 15) is 0 Å². The summed E-state index contributed by atoms with van der Waals surface area (Å²) >= 11 is 0. The molecule has 1 aliphatic rings. The number of nitrogens with zero attached hydrogens (tertiary/aromatic N) is 2. The second-order valence-corrected chi connectivity index (χ2v) is 5.86. The molecular weight excluding hydrogens is 220 g/mol. The minimum absolute atomic E-state index is 0.195. The van der Waals surface area contributed by atoms with Gasteiger partial charge in [0.2, 0.25) is 0 Å². The number of fused-ring (bicyclic) bond motifs is 1. The Labute approximate surface area is 110 Å². The normalized spacial score (nSPS) is 16.7. The molecule has 0 saturated carbocycles. The lowest BCUT2D eigenvalue weighted by atomic mass is 9.91. The molecule has 0 saturated heterocycles. The van der Waals surface area contributed by atoms with Gasteiger partial charge in [-0.25, -0.2) is 0 Å². The van der Waals surface area contributed by atoms with E-state index in [1.54, 1.807) is 0 Å². The topological polar surface area (TPSA) is 27.0 Å². The second kappa shape index (κ2) is 5.54. The van der Waals surface area contributed by atoms with Gasteiger partial charge in [-0.05, 0) is 50.8 Å². The van der Waals surface area contributed by atoms with Gasteiger partial charge < -0.3 is 4.90 Å². The van der Waals surface area contributed by atoms with Crippen molar-refractivity contribution in [3.05, 3.63) is 35.4 Å². The van der Waals surface area contributed by atoms with E-state index < -0.39 is 0 Å². The van der Waals surface area contributed by atoms with E-state index in [-0.39, 0.29) is 5.41 Å². The number of hydrogen-bond acceptors (Lipinski definition) is 2. The van der Waals surface area contributed by atoms with E-state index in [0.29, 0.717) is 0 Å². The lowest BCUT2D eigenvalue weighted by Crippen LogP contribution is -2.30. The number of nitriles is 1. The molecule has 2 heteroatoms. The Morgan fingerprint density at radius 2 is 1.72 bits per heavy atom. The van der Waals surface area contributed by atoms with Crippen molar-refractivity contribution in [2.45, 2.75) is 33.1 Å². The van der Waals surface area contributed by atoms with Gasteiger partial charge in [-0.15, -0.1) is 0 Å². The van der Waals surface area contributed by atoms with Gasteiger partial charge in [-0.3, -0.25) is 0 Å². The summed E-state index contributed by atoms with van der Waals surface area (Å²) in [5.41, 5.74) is 2.80. The molecule has 18 heavy (non-hydrogen) atoms. The largest absolute Gasteiger partial charge is 0.303 e. The lowest BCUT2D eigenvalue weighted by Gasteiger charge is -2.23. The first-order chi connectivity index (χ1) is 8.61. The average Bonchev–Trinajstić information content (AvgIpc) is 2.59. The highest BCUT2D eigenvalue weighted by molar-refractivity contribution is 5.28. The molecule has 0 amide bonds. The molecule has 1 heterocycles. The number of hydrogen-bond donors (Lipinski definition) is 0. The fourth-order valence-electron chi connectivity index (χ4n) is 2.43. The molecule has 0 unspecified atom stereocenters. The van der Waals surface area contributed by atoms with Crippen molar-refractivity contribution in [3.8, 4) is 6.07 Å². The fourth-order valence-corrected chi connectivity index (χ4v) is 2.43. The maximum Gasteiger partial charge on any atom is 0.0684 e. The fraction of sp³-hybridized carbons (Fsp3) is 0.562. The Morgan fingerprint density at radius 3 is 2.22 bits per heavy atom. The van der Waals surface area contributed by atoms with Gasteiger partial charge in [0.15, 0.2) is 0 Å². The zero-order valence-electron chi connectivity index (χ0n) is 11.4. The van der Waals surface area contributed by atoms with Crippen LogP contribution in [0.4, 0.5) is 0 Å². The van der Waals surface area contributed by atoms with Crippen LogP contribution in [-0.4, -0.2) is 24.5 Å². The van der Waals surface area contributed by atoms with E-state index in [0.717, 1.165) is 38.9 Å². The van der Waals surface area contributed by atoms with Crippen LogP contribution in [0.2, 0.25) is 0 Å². The van der Waals surface area contributed by atoms with Crippen molar-refractivity contribution < 1.29 is 0 Å². The highest BCUT2D eigenvalue weighted by atomic mass is 15.1. The molecular formula is C16H22N2. The van der Waals surface area contributed by atoms with E-state index in [1.165, 1.54) is 11.1 Å². The summed E-state index contributed by atoms with van der Waals surface area (Å²) in [6.45, 7) is 7.34. The van der Waals surface area contributed by atoms with Gasteiger partial charge in [0.05, 0.1) is 11.5 Å². The van der Waals surface area contributed by atoms with Gasteiger partial charge >= 0.3 is 0 Å². The van der Waals surface area contributed by atoms with Crippen LogP contribution in [0.15, 0.2) is 24.3 Å². The van der Waals surface area contributed by atoms with Crippen LogP contribution in [0.3, 0.4) is 0 Å². The average molecular weight is 242 g/mol. The minimum atomic E-state index is -0.195. The number of benzene rings is 1. The summed E-state index contributed by atoms with van der Waals surface area (Å²) in [6, 6.07) is 11.1. The third kappa shape index (κ3) is 3.34. The number of rotatable bonds is 3. The first-order valence-corrected chi connectivity index (χ1v) is 6.81. The molecule has 1 aromatic carbocycles. The van der Waals surface area contributed by atoms with Gasteiger partial charge in [-0.1, -0.05) is 24.3 Å². The lowest BCUT2D eigenvalue weighted by molar-refractivity contribution is 0.252. The molecule has 0 aromatic heterocycles. The van der Waals surface area contributed by atoms with Crippen LogP contribution in [0.5, 0.6) is 0 Å². The molecule has 0 aliphatic carbocycles. The van der Waals surface area contributed by atoms with Gasteiger partial charge in [0.1, 0.15) is 0 Å². The second-order valence-electron chi connectivity index (χ2n) is 5.86. The van der Waals surface area contributed by atoms with E-state index >= 15 is 0 Å². The van der Waals surface area contributed by atoms with Gasteiger partial charge in [-0.2, -0.15) is 5.26 Å². The first-order valence-electron chi connectivity index (χ1n) is 6.81. The zero-order chi connectivity index (χ0) is 13.0. The minimum Gasteiger partial charge on any atom is -0.303 e. The predicted molar refractivity (Wildman–Crippen MR) is 74.3 cm³/mol. The molecule has 0 bridgehead atoms. The smallest absolute Gasteiger partial charge is 0.0684 e. The van der Waals surface area contributed by atoms with Crippen molar-refractivity contribution in [1.29, 1.82) is 5.26 Å². The molecule has 2 rings (SSSR count). The molecule has 0 fully saturated rings. The Morgan fingerprint density at radius 1 is 1.17 bits per heavy atom. The van der Waals surface area contributed by atoms with E-state index in [4.69, 9.17) is 5.26 Å². The summed E-state index contributed by atoms with van der Waals surface area (Å²) in [5.74, 6) is 0. The third-order valence-corrected chi connectivity index (χ3v) is 3.87. The summed E-state index contributed by atoms with van der Waals surface area (Å²) < 4.78 is 0. The molecule has 0 radical (unpaired) electrons. The van der Waals surface area contributed by atoms with Gasteiger partial charge in [0, 0.05) is 13.1 Å². The maximum absolute atomic E-state index is 9.05. The summed E-state index contributed by atoms with van der Waals surface area (Å²) in [7, 11) is 0. The van der Waals surface area contributed by atoms with Crippen molar-refractivity contribution in [2.24, 2.45) is 5.41 Å². The summed E-state index contributed by atoms with van der Waals surface area (Å²) in [5, 5.41) is 9.05. The Hall–Kier alpha value is -1.33. The predicted octanol–water partition coefficient (Wildman–Crippen LogP) is 3.03. The highest BCUT2D eigenvalue weighted by Gasteiger charge is 2.19. The molecule has 0 atom stereocenters. The zero-order valence-corrected chi connectivity index (χ0v) is 11.4. The molecule has 0 N–H and O–H groups in total. The van der Waals surface area contributed by atoms with Crippen LogP contribution in [0, 0.1) is 16.7 Å². The highest BCUT2D eigenvalue weighted by Crippen LogP contribution is 2.21. The van der Waals surface area contributed by atoms with E-state index in [1.807, 2.05) is 13.8 Å². The summed E-state index contributed by atoms with van der Waals surface area (Å²) in [4.78, 5) is 2.50. The standard InChI is InChI=1S/C16H22N2/c1-16(2,13-17)9-12-18-10-7-14-5-3-4-6-15(14)8-11-18/h3-6H,7-12H2,1-2H3. The van der Waals surface area contributed by atoms with Crippen molar-refractivity contribution in [2.75, 3.05) is 19.6 Å². The SMILES string of the molecule is CC(C)(C#N)CCN1CCc2ccccc2CC1. The van der Waals surface area contributed by atoms with Crippen LogP contribution in [0.1, 0.15) is 31.4 Å². The molecule has 2 nitrogen and oxygen atoms in total. The van der Waals surface area contributed by atoms with Crippen molar-refractivity contribution in [3.63, 3.8) is 0 Å². The summed E-state index contributed by atoms with van der Waals surface area (Å²) in [6.07, 6.45) is 3.24. The third-order valence-electron chi connectivity index (χ3n) is 3.87. The van der Waals surface area contributed by atoms with Crippen LogP contribution < -0.4 is 0 Å². The quantitative estimate of drug-likeness (QED) is 0.814. The molecule has 96 valence electrons. The van der Waals surface area contributed by atoms with Crippen molar-refractivity contribution >= 4 is 0 Å². The van der Waals surface area contributed by atoms with Crippen LogP contribution >= 0.6 is 0 Å². The Kier molecular flexibility index (Phi) is 4.04.